The summed E-state index contributed by atoms with van der Waals surface area (Å²) in [6.45, 7) is 5.57. The Kier molecular flexibility index (Phi) is 3.68. The van der Waals surface area contributed by atoms with Crippen molar-refractivity contribution in [3.63, 3.8) is 0 Å². The van der Waals surface area contributed by atoms with Crippen LogP contribution >= 0.6 is 0 Å². The Hall–Kier alpha value is -2.85. The maximum atomic E-state index is 9.22. The van der Waals surface area contributed by atoms with Crippen LogP contribution in [0.1, 0.15) is 27.9 Å². The van der Waals surface area contributed by atoms with Gasteiger partial charge in [0, 0.05) is 5.69 Å². The van der Waals surface area contributed by atoms with Gasteiger partial charge in [-0.05, 0) is 50.1 Å². The normalized spacial score (nSPS) is 9.65. The molecule has 0 amide bonds. The molecular weight excluding hydrogens is 250 g/mol. The number of aromatic nitrogens is 1. The average Bonchev–Trinajstić information content (AvgIpc) is 2.41. The molecule has 1 heterocycles. The van der Waals surface area contributed by atoms with Gasteiger partial charge in [-0.1, -0.05) is 6.07 Å². The van der Waals surface area contributed by atoms with Gasteiger partial charge in [0.25, 0.3) is 0 Å². The van der Waals surface area contributed by atoms with E-state index in [1.54, 1.807) is 12.1 Å². The highest BCUT2D eigenvalue weighted by molar-refractivity contribution is 5.49. The van der Waals surface area contributed by atoms with Crippen LogP contribution in [0, 0.1) is 43.4 Å². The van der Waals surface area contributed by atoms with E-state index in [1.807, 2.05) is 32.9 Å². The zero-order valence-electron chi connectivity index (χ0n) is 11.6. The van der Waals surface area contributed by atoms with E-state index >= 15 is 0 Å². The van der Waals surface area contributed by atoms with Crippen LogP contribution in [0.5, 0.6) is 11.6 Å². The van der Waals surface area contributed by atoms with Crippen LogP contribution in [-0.2, 0) is 0 Å². The van der Waals surface area contributed by atoms with E-state index in [-0.39, 0.29) is 5.88 Å². The second-order valence-corrected chi connectivity index (χ2v) is 4.57. The molecule has 98 valence electrons. The van der Waals surface area contributed by atoms with Crippen LogP contribution in [0.15, 0.2) is 24.3 Å². The molecule has 20 heavy (non-hydrogen) atoms. The fourth-order valence-electron chi connectivity index (χ4n) is 1.90. The van der Waals surface area contributed by atoms with Crippen molar-refractivity contribution in [2.45, 2.75) is 20.8 Å². The number of hydrogen-bond acceptors (Lipinski definition) is 4. The van der Waals surface area contributed by atoms with E-state index in [0.717, 1.165) is 16.8 Å². The van der Waals surface area contributed by atoms with Crippen LogP contribution in [0.4, 0.5) is 0 Å². The van der Waals surface area contributed by atoms with E-state index in [2.05, 4.69) is 17.1 Å². The largest absolute Gasteiger partial charge is 0.437 e. The summed E-state index contributed by atoms with van der Waals surface area (Å²) in [6.07, 6.45) is 0. The van der Waals surface area contributed by atoms with Crippen LogP contribution in [0.2, 0.25) is 0 Å². The molecule has 4 heteroatoms. The van der Waals surface area contributed by atoms with E-state index in [0.29, 0.717) is 16.9 Å². The molecule has 2 aromatic rings. The summed E-state index contributed by atoms with van der Waals surface area (Å²) in [4.78, 5) is 4.27. The minimum atomic E-state index is 0.281. The lowest BCUT2D eigenvalue weighted by Gasteiger charge is -2.11. The van der Waals surface area contributed by atoms with Crippen LogP contribution in [0.25, 0.3) is 0 Å². The first kappa shape index (κ1) is 13.6. The van der Waals surface area contributed by atoms with Gasteiger partial charge in [0.1, 0.15) is 17.4 Å². The maximum Gasteiger partial charge on any atom is 0.237 e. The van der Waals surface area contributed by atoms with Crippen molar-refractivity contribution >= 4 is 0 Å². The summed E-state index contributed by atoms with van der Waals surface area (Å²) in [5.74, 6) is 0.821. The van der Waals surface area contributed by atoms with Crippen molar-refractivity contribution in [2.75, 3.05) is 0 Å². The lowest BCUT2D eigenvalue weighted by atomic mass is 10.1. The van der Waals surface area contributed by atoms with Crippen molar-refractivity contribution in [3.8, 4) is 23.8 Å². The van der Waals surface area contributed by atoms with Crippen molar-refractivity contribution in [1.82, 2.24) is 4.98 Å². The Morgan fingerprint density at radius 2 is 1.75 bits per heavy atom. The molecule has 0 aliphatic carbocycles. The average molecular weight is 263 g/mol. The topological polar surface area (TPSA) is 69.7 Å². The first-order valence-electron chi connectivity index (χ1n) is 6.12. The minimum absolute atomic E-state index is 0.281. The van der Waals surface area contributed by atoms with Gasteiger partial charge in [-0.25, -0.2) is 4.98 Å². The second-order valence-electron chi connectivity index (χ2n) is 4.57. The van der Waals surface area contributed by atoms with Crippen LogP contribution in [-0.4, -0.2) is 4.98 Å². The lowest BCUT2D eigenvalue weighted by molar-refractivity contribution is 0.456. The molecule has 0 N–H and O–H groups in total. The van der Waals surface area contributed by atoms with Gasteiger partial charge in [0.15, 0.2) is 0 Å². The Morgan fingerprint density at radius 3 is 2.40 bits per heavy atom. The van der Waals surface area contributed by atoms with Gasteiger partial charge in [0.05, 0.1) is 11.6 Å². The number of nitrogens with zero attached hydrogens (tertiary/aromatic N) is 3. The van der Waals surface area contributed by atoms with Gasteiger partial charge in [0.2, 0.25) is 5.88 Å². The quantitative estimate of drug-likeness (QED) is 0.830. The number of aryl methyl sites for hydroxylation is 3. The highest BCUT2D eigenvalue weighted by atomic mass is 16.5. The molecule has 0 aliphatic heterocycles. The summed E-state index contributed by atoms with van der Waals surface area (Å²) in [5.41, 5.74) is 3.41. The molecule has 1 aromatic carbocycles. The SMILES string of the molecule is Cc1cc(C)c(C#N)c(Oc2cc(C#N)ccc2C)n1. The molecule has 0 unspecified atom stereocenters. The van der Waals surface area contributed by atoms with Gasteiger partial charge >= 0.3 is 0 Å². The van der Waals surface area contributed by atoms with Crippen LogP contribution in [0.3, 0.4) is 0 Å². The Morgan fingerprint density at radius 1 is 1.00 bits per heavy atom. The fourth-order valence-corrected chi connectivity index (χ4v) is 1.90. The predicted molar refractivity (Wildman–Crippen MR) is 74.4 cm³/mol. The Balaban J connectivity index is 2.51. The maximum absolute atomic E-state index is 9.22. The molecular formula is C16H13N3O. The molecule has 0 saturated carbocycles. The lowest BCUT2D eigenvalue weighted by Crippen LogP contribution is -1.98. The van der Waals surface area contributed by atoms with Gasteiger partial charge in [-0.3, -0.25) is 0 Å². The highest BCUT2D eigenvalue weighted by Gasteiger charge is 2.12. The van der Waals surface area contributed by atoms with Crippen molar-refractivity contribution < 1.29 is 4.74 Å². The first-order chi connectivity index (χ1) is 9.55. The third kappa shape index (κ3) is 2.60. The first-order valence-corrected chi connectivity index (χ1v) is 6.12. The second kappa shape index (κ2) is 5.42. The molecule has 0 fully saturated rings. The number of ether oxygens (including phenoxy) is 1. The van der Waals surface area contributed by atoms with E-state index in [4.69, 9.17) is 10.00 Å². The van der Waals surface area contributed by atoms with Gasteiger partial charge in [-0.15, -0.1) is 0 Å². The molecule has 4 nitrogen and oxygen atoms in total. The van der Waals surface area contributed by atoms with Crippen molar-refractivity contribution in [1.29, 1.82) is 10.5 Å². The number of pyridine rings is 1. The molecule has 0 saturated heterocycles. The van der Waals surface area contributed by atoms with Gasteiger partial charge in [-0.2, -0.15) is 10.5 Å². The summed E-state index contributed by atoms with van der Waals surface area (Å²) in [5, 5.41) is 18.2. The van der Waals surface area contributed by atoms with E-state index < -0.39 is 0 Å². The molecule has 0 spiro atoms. The summed E-state index contributed by atoms with van der Waals surface area (Å²) < 4.78 is 5.75. The minimum Gasteiger partial charge on any atom is -0.437 e. The molecule has 0 radical (unpaired) electrons. The molecule has 0 atom stereocenters. The number of rotatable bonds is 2. The fraction of sp³-hybridized carbons (Fsp3) is 0.188. The summed E-state index contributed by atoms with van der Waals surface area (Å²) >= 11 is 0. The molecule has 1 aromatic heterocycles. The van der Waals surface area contributed by atoms with E-state index in [9.17, 15) is 5.26 Å². The molecule has 0 bridgehead atoms. The summed E-state index contributed by atoms with van der Waals surface area (Å²) in [7, 11) is 0. The zero-order valence-corrected chi connectivity index (χ0v) is 11.6. The monoisotopic (exact) mass is 263 g/mol. The highest BCUT2D eigenvalue weighted by Crippen LogP contribution is 2.28. The predicted octanol–water partition coefficient (Wildman–Crippen LogP) is 3.54. The summed E-state index contributed by atoms with van der Waals surface area (Å²) in [6, 6.07) is 11.2. The number of hydrogen-bond donors (Lipinski definition) is 0. The zero-order chi connectivity index (χ0) is 14.7. The standard InChI is InChI=1S/C16H13N3O/c1-10-4-5-13(8-17)7-15(10)20-16-14(9-18)11(2)6-12(3)19-16/h4-7H,1-3H3. The van der Waals surface area contributed by atoms with Crippen molar-refractivity contribution in [3.05, 3.63) is 52.2 Å². The molecule has 0 aliphatic rings. The van der Waals surface area contributed by atoms with Gasteiger partial charge < -0.3 is 4.74 Å². The Bertz CT molecular complexity index is 752. The van der Waals surface area contributed by atoms with Crippen molar-refractivity contribution in [2.24, 2.45) is 0 Å². The smallest absolute Gasteiger partial charge is 0.237 e. The van der Waals surface area contributed by atoms with Crippen LogP contribution < -0.4 is 4.74 Å². The third-order valence-corrected chi connectivity index (χ3v) is 2.95. The van der Waals surface area contributed by atoms with E-state index in [1.165, 1.54) is 0 Å². The Labute approximate surface area is 117 Å². The number of nitriles is 2. The molecule has 2 rings (SSSR count). The third-order valence-electron chi connectivity index (χ3n) is 2.95. The number of benzene rings is 1.